The van der Waals surface area contributed by atoms with E-state index in [2.05, 4.69) is 15.4 Å². The number of halogens is 3. The summed E-state index contributed by atoms with van der Waals surface area (Å²) >= 11 is 0. The van der Waals surface area contributed by atoms with E-state index in [9.17, 15) is 13.2 Å². The molecule has 0 aliphatic heterocycles. The van der Waals surface area contributed by atoms with E-state index in [4.69, 9.17) is 10.5 Å². The molecule has 0 atom stereocenters. The minimum Gasteiger partial charge on any atom is -0.497 e. The Kier molecular flexibility index (Phi) is 6.00. The van der Waals surface area contributed by atoms with Crippen molar-refractivity contribution >= 4 is 11.6 Å². The molecule has 0 bridgehead atoms. The third-order valence-corrected chi connectivity index (χ3v) is 4.44. The summed E-state index contributed by atoms with van der Waals surface area (Å²) in [7, 11) is 1.55. The van der Waals surface area contributed by atoms with Crippen molar-refractivity contribution in [3.63, 3.8) is 0 Å². The Bertz CT molecular complexity index is 1060. The standard InChI is InChI=1S/C21H22F3N5O/c1-13-10-14(2)29(28-13)17-7-4-15(19(11-17)21(22,23)24)12-26-20(25)27-16-5-8-18(30-3)9-6-16/h4-11H,12H2,1-3H3,(H3,25,26,27). The first-order valence-corrected chi connectivity index (χ1v) is 9.12. The minimum atomic E-state index is -4.53. The molecule has 0 saturated heterocycles. The molecule has 2 aromatic carbocycles. The van der Waals surface area contributed by atoms with Crippen LogP contribution in [0.3, 0.4) is 0 Å². The first-order chi connectivity index (χ1) is 14.2. The highest BCUT2D eigenvalue weighted by atomic mass is 19.4. The smallest absolute Gasteiger partial charge is 0.416 e. The van der Waals surface area contributed by atoms with E-state index < -0.39 is 11.7 Å². The van der Waals surface area contributed by atoms with Crippen LogP contribution in [0.5, 0.6) is 5.75 Å². The molecule has 0 unspecified atom stereocenters. The molecule has 3 aromatic rings. The van der Waals surface area contributed by atoms with Gasteiger partial charge in [-0.05, 0) is 61.9 Å². The van der Waals surface area contributed by atoms with Crippen LogP contribution in [0.25, 0.3) is 5.69 Å². The monoisotopic (exact) mass is 417 g/mol. The first-order valence-electron chi connectivity index (χ1n) is 9.12. The molecular weight excluding hydrogens is 395 g/mol. The van der Waals surface area contributed by atoms with Gasteiger partial charge >= 0.3 is 6.18 Å². The predicted molar refractivity (Wildman–Crippen MR) is 110 cm³/mol. The summed E-state index contributed by atoms with van der Waals surface area (Å²) in [4.78, 5) is 4.06. The van der Waals surface area contributed by atoms with Crippen LogP contribution in [0, 0.1) is 13.8 Å². The fraction of sp³-hybridized carbons (Fsp3) is 0.238. The van der Waals surface area contributed by atoms with Gasteiger partial charge < -0.3 is 15.8 Å². The number of hydrogen-bond donors (Lipinski definition) is 2. The zero-order valence-corrected chi connectivity index (χ0v) is 16.8. The van der Waals surface area contributed by atoms with Crippen LogP contribution < -0.4 is 15.8 Å². The Morgan fingerprint density at radius 2 is 1.83 bits per heavy atom. The third-order valence-electron chi connectivity index (χ3n) is 4.44. The van der Waals surface area contributed by atoms with E-state index in [1.165, 1.54) is 10.7 Å². The molecule has 158 valence electrons. The van der Waals surface area contributed by atoms with E-state index in [-0.39, 0.29) is 18.1 Å². The lowest BCUT2D eigenvalue weighted by Crippen LogP contribution is -2.22. The van der Waals surface area contributed by atoms with Gasteiger partial charge in [0.25, 0.3) is 0 Å². The van der Waals surface area contributed by atoms with Gasteiger partial charge in [0.1, 0.15) is 5.75 Å². The number of rotatable bonds is 5. The van der Waals surface area contributed by atoms with Crippen molar-refractivity contribution in [3.8, 4) is 11.4 Å². The van der Waals surface area contributed by atoms with Crippen LogP contribution in [0.2, 0.25) is 0 Å². The van der Waals surface area contributed by atoms with Crippen molar-refractivity contribution in [1.82, 2.24) is 9.78 Å². The molecule has 0 spiro atoms. The van der Waals surface area contributed by atoms with Gasteiger partial charge in [-0.2, -0.15) is 18.3 Å². The lowest BCUT2D eigenvalue weighted by Gasteiger charge is -2.15. The summed E-state index contributed by atoms with van der Waals surface area (Å²) < 4.78 is 47.5. The fourth-order valence-electron chi connectivity index (χ4n) is 3.02. The second-order valence-electron chi connectivity index (χ2n) is 6.73. The second-order valence-corrected chi connectivity index (χ2v) is 6.73. The number of aryl methyl sites for hydroxylation is 2. The molecule has 9 heteroatoms. The van der Waals surface area contributed by atoms with Crippen molar-refractivity contribution in [2.24, 2.45) is 10.7 Å². The number of nitrogens with zero attached hydrogens (tertiary/aromatic N) is 3. The van der Waals surface area contributed by atoms with Crippen LogP contribution >= 0.6 is 0 Å². The summed E-state index contributed by atoms with van der Waals surface area (Å²) in [5.41, 5.74) is 7.55. The molecule has 1 aromatic heterocycles. The molecule has 0 amide bonds. The Labute approximate surface area is 172 Å². The number of aromatic nitrogens is 2. The molecule has 0 aliphatic carbocycles. The highest BCUT2D eigenvalue weighted by molar-refractivity contribution is 5.92. The van der Waals surface area contributed by atoms with Gasteiger partial charge in [0.2, 0.25) is 0 Å². The minimum absolute atomic E-state index is 0.0101. The fourth-order valence-corrected chi connectivity index (χ4v) is 3.02. The van der Waals surface area contributed by atoms with E-state index in [1.807, 2.05) is 0 Å². The lowest BCUT2D eigenvalue weighted by molar-refractivity contribution is -0.138. The Morgan fingerprint density at radius 1 is 1.13 bits per heavy atom. The molecular formula is C21H22F3N5O. The number of ether oxygens (including phenoxy) is 1. The number of nitrogens with one attached hydrogen (secondary N) is 1. The normalized spacial score (nSPS) is 12.1. The van der Waals surface area contributed by atoms with Gasteiger partial charge in [-0.15, -0.1) is 0 Å². The van der Waals surface area contributed by atoms with Crippen molar-refractivity contribution < 1.29 is 17.9 Å². The van der Waals surface area contributed by atoms with E-state index in [1.54, 1.807) is 57.4 Å². The number of methoxy groups -OCH3 is 1. The van der Waals surface area contributed by atoms with E-state index in [0.29, 0.717) is 17.1 Å². The third kappa shape index (κ3) is 4.91. The summed E-state index contributed by atoms with van der Waals surface area (Å²) in [5, 5.41) is 7.10. The number of nitrogens with two attached hydrogens (primary N) is 1. The van der Waals surface area contributed by atoms with Crippen molar-refractivity contribution in [2.75, 3.05) is 12.4 Å². The maximum atomic E-state index is 13.7. The molecule has 1 heterocycles. The highest BCUT2D eigenvalue weighted by Gasteiger charge is 2.33. The molecule has 0 aliphatic rings. The molecule has 0 saturated carbocycles. The predicted octanol–water partition coefficient (Wildman–Crippen LogP) is 4.44. The number of hydrogen-bond acceptors (Lipinski definition) is 3. The van der Waals surface area contributed by atoms with Gasteiger partial charge in [0.15, 0.2) is 5.96 Å². The van der Waals surface area contributed by atoms with Crippen LogP contribution in [-0.2, 0) is 12.7 Å². The number of aliphatic imine (C=N–C) groups is 1. The topological polar surface area (TPSA) is 77.5 Å². The number of benzene rings is 2. The largest absolute Gasteiger partial charge is 0.497 e. The summed E-state index contributed by atoms with van der Waals surface area (Å²) in [6.07, 6.45) is -4.53. The Hall–Kier alpha value is -3.49. The van der Waals surface area contributed by atoms with Crippen molar-refractivity contribution in [1.29, 1.82) is 0 Å². The second kappa shape index (κ2) is 8.48. The zero-order valence-electron chi connectivity index (χ0n) is 16.8. The quantitative estimate of drug-likeness (QED) is 0.475. The van der Waals surface area contributed by atoms with E-state index in [0.717, 1.165) is 17.5 Å². The maximum Gasteiger partial charge on any atom is 0.416 e. The van der Waals surface area contributed by atoms with Gasteiger partial charge in [0, 0.05) is 11.4 Å². The molecule has 6 nitrogen and oxygen atoms in total. The summed E-state index contributed by atoms with van der Waals surface area (Å²) in [6.45, 7) is 3.36. The van der Waals surface area contributed by atoms with Crippen LogP contribution in [0.15, 0.2) is 53.5 Å². The van der Waals surface area contributed by atoms with Crippen molar-refractivity contribution in [2.45, 2.75) is 26.6 Å². The van der Waals surface area contributed by atoms with Gasteiger partial charge in [-0.1, -0.05) is 6.07 Å². The molecule has 3 rings (SSSR count). The number of alkyl halides is 3. The van der Waals surface area contributed by atoms with Crippen molar-refractivity contribution in [3.05, 3.63) is 71.0 Å². The average molecular weight is 417 g/mol. The summed E-state index contributed by atoms with van der Waals surface area (Å²) in [5.74, 6) is 0.685. The maximum absolute atomic E-state index is 13.7. The molecule has 0 fully saturated rings. The first kappa shape index (κ1) is 21.2. The molecule has 30 heavy (non-hydrogen) atoms. The average Bonchev–Trinajstić information content (AvgIpc) is 3.04. The van der Waals surface area contributed by atoms with Gasteiger partial charge in [0.05, 0.1) is 30.6 Å². The van der Waals surface area contributed by atoms with Crippen LogP contribution in [0.4, 0.5) is 18.9 Å². The highest BCUT2D eigenvalue weighted by Crippen LogP contribution is 2.34. The van der Waals surface area contributed by atoms with Gasteiger partial charge in [-0.25, -0.2) is 9.67 Å². The molecule has 0 radical (unpaired) electrons. The van der Waals surface area contributed by atoms with E-state index >= 15 is 0 Å². The SMILES string of the molecule is COc1ccc(NC(N)=NCc2ccc(-n3nc(C)cc3C)cc2C(F)(F)F)cc1. The lowest BCUT2D eigenvalue weighted by atomic mass is 10.1. The Morgan fingerprint density at radius 3 is 2.40 bits per heavy atom. The Balaban J connectivity index is 1.83. The van der Waals surface area contributed by atoms with Gasteiger partial charge in [-0.3, -0.25) is 0 Å². The van der Waals surface area contributed by atoms with Crippen LogP contribution in [-0.4, -0.2) is 22.8 Å². The molecule has 3 N–H and O–H groups in total. The van der Waals surface area contributed by atoms with Crippen LogP contribution in [0.1, 0.15) is 22.5 Å². The number of anilines is 1. The summed E-state index contributed by atoms with van der Waals surface area (Å²) in [6, 6.07) is 12.8. The number of guanidine groups is 1. The zero-order chi connectivity index (χ0) is 21.9.